The number of carbonyl (C=O) groups excluding carboxylic acids is 2. The zero-order valence-electron chi connectivity index (χ0n) is 20.0. The van der Waals surface area contributed by atoms with Crippen LogP contribution < -0.4 is 9.64 Å². The van der Waals surface area contributed by atoms with Gasteiger partial charge in [0.25, 0.3) is 11.7 Å². The van der Waals surface area contributed by atoms with Crippen LogP contribution in [0.3, 0.4) is 0 Å². The van der Waals surface area contributed by atoms with E-state index < -0.39 is 17.7 Å². The summed E-state index contributed by atoms with van der Waals surface area (Å²) in [5.74, 6) is -1.15. The predicted molar refractivity (Wildman–Crippen MR) is 142 cm³/mol. The monoisotopic (exact) mass is 510 g/mol. The van der Waals surface area contributed by atoms with E-state index in [9.17, 15) is 14.7 Å². The van der Waals surface area contributed by atoms with Gasteiger partial charge in [0.2, 0.25) is 0 Å². The van der Waals surface area contributed by atoms with Crippen LogP contribution in [0.2, 0.25) is 5.02 Å². The standard InChI is InChI=1S/C30H23ClN2O4/c1-19-15-21(12-13-25(19)37-18-20-7-3-2-4-8-20)28(34)26-27(22-9-6-14-32-17-22)33(30(36)29(26)35)24-11-5-10-23(31)16-24/h2-17,27,34H,18H2,1H3/b28-26+. The first-order chi connectivity index (χ1) is 17.9. The van der Waals surface area contributed by atoms with Gasteiger partial charge in [-0.15, -0.1) is 0 Å². The molecule has 5 rings (SSSR count). The van der Waals surface area contributed by atoms with E-state index in [0.717, 1.165) is 11.1 Å². The minimum atomic E-state index is -0.874. The van der Waals surface area contributed by atoms with Crippen molar-refractivity contribution in [2.75, 3.05) is 4.90 Å². The molecule has 3 aromatic carbocycles. The number of ether oxygens (including phenoxy) is 1. The largest absolute Gasteiger partial charge is 0.507 e. The minimum Gasteiger partial charge on any atom is -0.507 e. The molecule has 4 aromatic rings. The van der Waals surface area contributed by atoms with Crippen LogP contribution in [-0.4, -0.2) is 21.8 Å². The lowest BCUT2D eigenvalue weighted by Crippen LogP contribution is -2.29. The van der Waals surface area contributed by atoms with Crippen molar-refractivity contribution in [3.8, 4) is 5.75 Å². The molecule has 0 aliphatic carbocycles. The van der Waals surface area contributed by atoms with Gasteiger partial charge in [0, 0.05) is 28.7 Å². The molecule has 0 saturated carbocycles. The summed E-state index contributed by atoms with van der Waals surface area (Å²) >= 11 is 6.18. The van der Waals surface area contributed by atoms with Crippen molar-refractivity contribution < 1.29 is 19.4 Å². The molecule has 1 aliphatic rings. The number of aliphatic hydroxyl groups is 1. The van der Waals surface area contributed by atoms with Gasteiger partial charge in [-0.3, -0.25) is 19.5 Å². The van der Waals surface area contributed by atoms with Crippen LogP contribution in [0.1, 0.15) is 28.3 Å². The van der Waals surface area contributed by atoms with E-state index in [0.29, 0.717) is 34.2 Å². The van der Waals surface area contributed by atoms with Crippen molar-refractivity contribution in [2.24, 2.45) is 0 Å². The molecule has 2 heterocycles. The Balaban J connectivity index is 1.55. The van der Waals surface area contributed by atoms with Gasteiger partial charge in [-0.05, 0) is 66.1 Å². The summed E-state index contributed by atoms with van der Waals surface area (Å²) in [6, 6.07) is 24.3. The van der Waals surface area contributed by atoms with Crippen LogP contribution in [0.5, 0.6) is 5.75 Å². The van der Waals surface area contributed by atoms with Crippen LogP contribution in [0, 0.1) is 6.92 Å². The van der Waals surface area contributed by atoms with Gasteiger partial charge >= 0.3 is 0 Å². The van der Waals surface area contributed by atoms with E-state index in [1.165, 1.54) is 4.90 Å². The minimum absolute atomic E-state index is 0.0182. The molecule has 184 valence electrons. The number of pyridine rings is 1. The van der Waals surface area contributed by atoms with Gasteiger partial charge in [0.15, 0.2) is 0 Å². The topological polar surface area (TPSA) is 79.7 Å². The summed E-state index contributed by atoms with van der Waals surface area (Å²) in [5, 5.41) is 11.8. The maximum absolute atomic E-state index is 13.3. The van der Waals surface area contributed by atoms with E-state index in [1.54, 1.807) is 67.0 Å². The number of Topliss-reactive ketones (excluding diaryl/α,β-unsaturated/α-hetero) is 1. The van der Waals surface area contributed by atoms with Crippen LogP contribution in [-0.2, 0) is 16.2 Å². The van der Waals surface area contributed by atoms with Gasteiger partial charge in [-0.1, -0.05) is 54.1 Å². The van der Waals surface area contributed by atoms with Crippen LogP contribution in [0.4, 0.5) is 5.69 Å². The molecule has 37 heavy (non-hydrogen) atoms. The van der Waals surface area contributed by atoms with Crippen LogP contribution in [0.25, 0.3) is 5.76 Å². The zero-order valence-corrected chi connectivity index (χ0v) is 20.7. The van der Waals surface area contributed by atoms with Gasteiger partial charge < -0.3 is 9.84 Å². The third kappa shape index (κ3) is 4.84. The molecule has 7 heteroatoms. The third-order valence-electron chi connectivity index (χ3n) is 6.22. The fourth-order valence-electron chi connectivity index (χ4n) is 4.43. The SMILES string of the molecule is Cc1cc(/C(O)=C2\C(=O)C(=O)N(c3cccc(Cl)c3)C2c2cccnc2)ccc1OCc1ccccc1. The number of aromatic nitrogens is 1. The summed E-state index contributed by atoms with van der Waals surface area (Å²) in [5.41, 5.74) is 3.23. The van der Waals surface area contributed by atoms with Crippen LogP contribution >= 0.6 is 11.6 Å². The number of hydrogen-bond acceptors (Lipinski definition) is 5. The van der Waals surface area contributed by atoms with Gasteiger partial charge in [-0.2, -0.15) is 0 Å². The molecule has 1 aromatic heterocycles. The van der Waals surface area contributed by atoms with Gasteiger partial charge in [0.1, 0.15) is 18.1 Å². The van der Waals surface area contributed by atoms with Crippen molar-refractivity contribution in [2.45, 2.75) is 19.6 Å². The highest BCUT2D eigenvalue weighted by atomic mass is 35.5. The van der Waals surface area contributed by atoms with Gasteiger partial charge in [-0.25, -0.2) is 0 Å². The summed E-state index contributed by atoms with van der Waals surface area (Å²) in [7, 11) is 0. The van der Waals surface area contributed by atoms with Crippen molar-refractivity contribution in [3.05, 3.63) is 130 Å². The average molecular weight is 511 g/mol. The Morgan fingerprint density at radius 2 is 1.81 bits per heavy atom. The van der Waals surface area contributed by atoms with Crippen molar-refractivity contribution in [1.82, 2.24) is 4.98 Å². The van der Waals surface area contributed by atoms with E-state index in [1.807, 2.05) is 37.3 Å². The lowest BCUT2D eigenvalue weighted by atomic mass is 9.95. The molecular formula is C30H23ClN2O4. The molecule has 1 N–H and O–H groups in total. The first-order valence-electron chi connectivity index (χ1n) is 11.7. The van der Waals surface area contributed by atoms with Crippen molar-refractivity contribution in [1.29, 1.82) is 0 Å². The molecule has 0 radical (unpaired) electrons. The number of rotatable bonds is 6. The number of aryl methyl sites for hydroxylation is 1. The Morgan fingerprint density at radius 3 is 2.51 bits per heavy atom. The highest BCUT2D eigenvalue weighted by Crippen LogP contribution is 2.42. The smallest absolute Gasteiger partial charge is 0.300 e. The predicted octanol–water partition coefficient (Wildman–Crippen LogP) is 6.25. The zero-order chi connectivity index (χ0) is 25.9. The number of benzene rings is 3. The number of aliphatic hydroxyl groups excluding tert-OH is 1. The Morgan fingerprint density at radius 1 is 1.00 bits per heavy atom. The molecule has 6 nitrogen and oxygen atoms in total. The number of amides is 1. The van der Waals surface area contributed by atoms with Crippen molar-refractivity contribution in [3.63, 3.8) is 0 Å². The average Bonchev–Trinajstić information content (AvgIpc) is 3.18. The normalized spacial score (nSPS) is 16.7. The summed E-state index contributed by atoms with van der Waals surface area (Å²) in [4.78, 5) is 32.0. The number of ketones is 1. The second kappa shape index (κ2) is 10.3. The van der Waals surface area contributed by atoms with E-state index in [4.69, 9.17) is 16.3 Å². The molecule has 1 atom stereocenters. The van der Waals surface area contributed by atoms with Crippen molar-refractivity contribution >= 4 is 34.7 Å². The second-order valence-electron chi connectivity index (χ2n) is 8.69. The number of carbonyl (C=O) groups is 2. The highest BCUT2D eigenvalue weighted by molar-refractivity contribution is 6.51. The lowest BCUT2D eigenvalue weighted by Gasteiger charge is -2.25. The van der Waals surface area contributed by atoms with E-state index in [2.05, 4.69) is 4.98 Å². The Bertz CT molecular complexity index is 1500. The Hall–Kier alpha value is -4.42. The van der Waals surface area contributed by atoms with Gasteiger partial charge in [0.05, 0.1) is 11.6 Å². The Kier molecular flexibility index (Phi) is 6.75. The number of halogens is 1. The molecule has 1 aliphatic heterocycles. The first kappa shape index (κ1) is 24.3. The van der Waals surface area contributed by atoms with E-state index in [-0.39, 0.29) is 11.3 Å². The summed E-state index contributed by atoms with van der Waals surface area (Å²) in [6.07, 6.45) is 3.18. The lowest BCUT2D eigenvalue weighted by molar-refractivity contribution is -0.132. The fourth-order valence-corrected chi connectivity index (χ4v) is 4.61. The summed E-state index contributed by atoms with van der Waals surface area (Å²) < 4.78 is 5.95. The summed E-state index contributed by atoms with van der Waals surface area (Å²) in [6.45, 7) is 2.26. The maximum Gasteiger partial charge on any atom is 0.300 e. The second-order valence-corrected chi connectivity index (χ2v) is 9.13. The molecule has 0 bridgehead atoms. The molecular weight excluding hydrogens is 488 g/mol. The molecule has 0 spiro atoms. The third-order valence-corrected chi connectivity index (χ3v) is 6.45. The molecule has 1 fully saturated rings. The highest BCUT2D eigenvalue weighted by Gasteiger charge is 2.47. The fraction of sp³-hybridized carbons (Fsp3) is 0.100. The first-order valence-corrected chi connectivity index (χ1v) is 12.1. The quantitative estimate of drug-likeness (QED) is 0.188. The molecule has 1 unspecified atom stereocenters. The number of nitrogens with zero attached hydrogens (tertiary/aromatic N) is 2. The number of anilines is 1. The number of hydrogen-bond donors (Lipinski definition) is 1. The molecule has 1 amide bonds. The van der Waals surface area contributed by atoms with Crippen LogP contribution in [0.15, 0.2) is 103 Å². The molecule has 1 saturated heterocycles. The van der Waals surface area contributed by atoms with E-state index >= 15 is 0 Å². The maximum atomic E-state index is 13.3. The Labute approximate surface area is 219 Å².